The van der Waals surface area contributed by atoms with Gasteiger partial charge in [0.15, 0.2) is 0 Å². The molecule has 0 saturated carbocycles. The highest BCUT2D eigenvalue weighted by atomic mass is 16.5. The highest BCUT2D eigenvalue weighted by Crippen LogP contribution is 1.97. The van der Waals surface area contributed by atoms with Gasteiger partial charge in [-0.15, -0.1) is 0 Å². The van der Waals surface area contributed by atoms with Crippen molar-refractivity contribution in [1.82, 2.24) is 0 Å². The van der Waals surface area contributed by atoms with E-state index >= 15 is 0 Å². The van der Waals surface area contributed by atoms with E-state index in [0.29, 0.717) is 19.6 Å². The van der Waals surface area contributed by atoms with E-state index in [2.05, 4.69) is 13.8 Å². The molecule has 0 spiro atoms. The van der Waals surface area contributed by atoms with Gasteiger partial charge in [0.25, 0.3) is 0 Å². The molecule has 0 N–H and O–H groups in total. The van der Waals surface area contributed by atoms with Gasteiger partial charge in [0, 0.05) is 13.3 Å². The summed E-state index contributed by atoms with van der Waals surface area (Å²) in [6.07, 6.45) is 8.08. The maximum absolute atomic E-state index is 10.8. The molecule has 4 nitrogen and oxygen atoms in total. The van der Waals surface area contributed by atoms with Crippen LogP contribution in [0.15, 0.2) is 0 Å². The lowest BCUT2D eigenvalue weighted by molar-refractivity contribution is -0.144. The number of ether oxygens (including phenoxy) is 2. The maximum Gasteiger partial charge on any atom is 0.305 e. The fourth-order valence-corrected chi connectivity index (χ4v) is 1.38. The zero-order chi connectivity index (χ0) is 15.6. The third-order valence-electron chi connectivity index (χ3n) is 2.52. The van der Waals surface area contributed by atoms with E-state index < -0.39 is 0 Å². The third kappa shape index (κ3) is 22.1. The van der Waals surface area contributed by atoms with Gasteiger partial charge in [-0.05, 0) is 19.3 Å². The van der Waals surface area contributed by atoms with E-state index in [0.717, 1.165) is 32.1 Å². The second-order valence-corrected chi connectivity index (χ2v) is 4.72. The Morgan fingerprint density at radius 2 is 1.25 bits per heavy atom. The molecule has 0 rings (SSSR count). The predicted octanol–water partition coefficient (Wildman–Crippen LogP) is 4.26. The Morgan fingerprint density at radius 3 is 1.65 bits per heavy atom. The Balaban J connectivity index is 0. The summed E-state index contributed by atoms with van der Waals surface area (Å²) in [5.74, 6) is -0.227. The smallest absolute Gasteiger partial charge is 0.305 e. The van der Waals surface area contributed by atoms with Crippen LogP contribution in [-0.2, 0) is 19.1 Å². The van der Waals surface area contributed by atoms with Crippen LogP contribution in [0.3, 0.4) is 0 Å². The zero-order valence-corrected chi connectivity index (χ0v) is 13.7. The quantitative estimate of drug-likeness (QED) is 0.445. The molecule has 0 aromatic rings. The molecule has 0 aliphatic rings. The normalized spacial score (nSPS) is 9.40. The van der Waals surface area contributed by atoms with Crippen molar-refractivity contribution in [1.29, 1.82) is 0 Å². The summed E-state index contributed by atoms with van der Waals surface area (Å²) < 4.78 is 9.65. The number of rotatable bonds is 10. The Kier molecular flexibility index (Phi) is 19.1. The summed E-state index contributed by atoms with van der Waals surface area (Å²) in [5, 5.41) is 0. The average molecular weight is 288 g/mol. The minimum atomic E-state index is -0.175. The van der Waals surface area contributed by atoms with Crippen molar-refractivity contribution in [3.05, 3.63) is 0 Å². The van der Waals surface area contributed by atoms with Gasteiger partial charge in [0.05, 0.1) is 13.2 Å². The van der Waals surface area contributed by atoms with Crippen LogP contribution in [0.1, 0.15) is 79.1 Å². The summed E-state index contributed by atoms with van der Waals surface area (Å²) in [4.78, 5) is 21.0. The number of hydrogen-bond donors (Lipinski definition) is 0. The van der Waals surface area contributed by atoms with E-state index in [-0.39, 0.29) is 11.9 Å². The molecule has 0 aliphatic heterocycles. The van der Waals surface area contributed by atoms with E-state index in [1.165, 1.54) is 19.8 Å². The first-order valence-electron chi connectivity index (χ1n) is 7.87. The number of esters is 2. The van der Waals surface area contributed by atoms with E-state index in [1.54, 1.807) is 0 Å². The molecule has 0 saturated heterocycles. The lowest BCUT2D eigenvalue weighted by Crippen LogP contribution is -2.04. The van der Waals surface area contributed by atoms with Gasteiger partial charge >= 0.3 is 11.9 Å². The highest BCUT2D eigenvalue weighted by molar-refractivity contribution is 5.69. The molecular weight excluding hydrogens is 256 g/mol. The lowest BCUT2D eigenvalue weighted by atomic mass is 10.3. The first-order valence-corrected chi connectivity index (χ1v) is 7.87. The Bertz CT molecular complexity index is 227. The van der Waals surface area contributed by atoms with Crippen molar-refractivity contribution >= 4 is 11.9 Å². The number of hydrogen-bond acceptors (Lipinski definition) is 4. The van der Waals surface area contributed by atoms with Gasteiger partial charge in [0.2, 0.25) is 0 Å². The van der Waals surface area contributed by atoms with Crippen LogP contribution in [0, 0.1) is 0 Å². The zero-order valence-electron chi connectivity index (χ0n) is 13.7. The Hall–Kier alpha value is -1.06. The molecule has 0 aromatic carbocycles. The van der Waals surface area contributed by atoms with Gasteiger partial charge < -0.3 is 9.47 Å². The largest absolute Gasteiger partial charge is 0.466 e. The molecule has 0 aliphatic carbocycles. The van der Waals surface area contributed by atoms with Gasteiger partial charge in [-0.2, -0.15) is 0 Å². The standard InChI is InChI=1S/C9H18O2.C7H14O2/c1-3-5-6-8-11-9(10)7-4-2;1-3-4-5-6-9-7(2)8/h3-8H2,1-2H3;3-6H2,1-2H3. The van der Waals surface area contributed by atoms with Crippen LogP contribution >= 0.6 is 0 Å². The molecule has 120 valence electrons. The Labute approximate surface area is 124 Å². The second-order valence-electron chi connectivity index (χ2n) is 4.72. The summed E-state index contributed by atoms with van der Waals surface area (Å²) in [7, 11) is 0. The fourth-order valence-electron chi connectivity index (χ4n) is 1.38. The van der Waals surface area contributed by atoms with E-state index in [1.807, 2.05) is 6.92 Å². The predicted molar refractivity (Wildman–Crippen MR) is 81.6 cm³/mol. The van der Waals surface area contributed by atoms with Gasteiger partial charge in [0.1, 0.15) is 0 Å². The second kappa shape index (κ2) is 17.9. The van der Waals surface area contributed by atoms with Gasteiger partial charge in [-0.25, -0.2) is 0 Å². The minimum absolute atomic E-state index is 0.0522. The fraction of sp³-hybridized carbons (Fsp3) is 0.875. The molecule has 4 heteroatoms. The summed E-state index contributed by atoms with van der Waals surface area (Å²) >= 11 is 0. The molecule has 20 heavy (non-hydrogen) atoms. The molecule has 0 unspecified atom stereocenters. The van der Waals surface area contributed by atoms with Crippen molar-refractivity contribution in [3.8, 4) is 0 Å². The maximum atomic E-state index is 10.8. The van der Waals surface area contributed by atoms with E-state index in [9.17, 15) is 9.59 Å². The van der Waals surface area contributed by atoms with Crippen molar-refractivity contribution in [2.75, 3.05) is 13.2 Å². The molecule has 0 radical (unpaired) electrons. The van der Waals surface area contributed by atoms with Crippen molar-refractivity contribution in [2.45, 2.75) is 79.1 Å². The lowest BCUT2D eigenvalue weighted by Gasteiger charge is -2.01. The van der Waals surface area contributed by atoms with Gasteiger partial charge in [-0.1, -0.05) is 46.5 Å². The highest BCUT2D eigenvalue weighted by Gasteiger charge is 1.98. The molecule has 0 fully saturated rings. The van der Waals surface area contributed by atoms with Crippen LogP contribution in [0.25, 0.3) is 0 Å². The minimum Gasteiger partial charge on any atom is -0.466 e. The summed E-state index contributed by atoms with van der Waals surface area (Å²) in [6, 6.07) is 0. The monoisotopic (exact) mass is 288 g/mol. The van der Waals surface area contributed by atoms with Gasteiger partial charge in [-0.3, -0.25) is 9.59 Å². The van der Waals surface area contributed by atoms with Crippen LogP contribution in [0.4, 0.5) is 0 Å². The topological polar surface area (TPSA) is 52.6 Å². The number of carbonyl (C=O) groups excluding carboxylic acids is 2. The molecule has 0 amide bonds. The van der Waals surface area contributed by atoms with Crippen molar-refractivity contribution in [3.63, 3.8) is 0 Å². The van der Waals surface area contributed by atoms with Crippen molar-refractivity contribution < 1.29 is 19.1 Å². The SMILES string of the molecule is CCCCCOC(=O)CCC.CCCCCOC(C)=O. The average Bonchev–Trinajstić information content (AvgIpc) is 2.41. The van der Waals surface area contributed by atoms with Crippen LogP contribution in [-0.4, -0.2) is 25.2 Å². The molecule has 0 bridgehead atoms. The molecule has 0 aromatic heterocycles. The van der Waals surface area contributed by atoms with Crippen LogP contribution < -0.4 is 0 Å². The van der Waals surface area contributed by atoms with E-state index in [4.69, 9.17) is 9.47 Å². The van der Waals surface area contributed by atoms with Crippen LogP contribution in [0.2, 0.25) is 0 Å². The first-order chi connectivity index (χ1) is 9.58. The first kappa shape index (κ1) is 21.2. The molecule has 0 heterocycles. The summed E-state index contributed by atoms with van der Waals surface area (Å²) in [6.45, 7) is 8.86. The number of carbonyl (C=O) groups is 2. The molecular formula is C16H32O4. The number of unbranched alkanes of at least 4 members (excludes halogenated alkanes) is 4. The summed E-state index contributed by atoms with van der Waals surface area (Å²) in [5.41, 5.74) is 0. The third-order valence-corrected chi connectivity index (χ3v) is 2.52. The molecule has 0 atom stereocenters. The van der Waals surface area contributed by atoms with Crippen LogP contribution in [0.5, 0.6) is 0 Å². The van der Waals surface area contributed by atoms with Crippen molar-refractivity contribution in [2.24, 2.45) is 0 Å². The Morgan fingerprint density at radius 1 is 0.750 bits per heavy atom.